The average molecular weight is 670 g/mol. The normalized spacial score (nSPS) is 32.7. The van der Waals surface area contributed by atoms with Crippen LogP contribution in [0.15, 0.2) is 66.7 Å². The van der Waals surface area contributed by atoms with Crippen molar-refractivity contribution >= 4 is 23.4 Å². The Balaban J connectivity index is 1.05. The predicted molar refractivity (Wildman–Crippen MR) is 188 cm³/mol. The van der Waals surface area contributed by atoms with Crippen molar-refractivity contribution in [3.05, 3.63) is 72.3 Å². The highest BCUT2D eigenvalue weighted by molar-refractivity contribution is 6.02. The molecule has 1 spiro atoms. The highest BCUT2D eigenvalue weighted by Gasteiger charge is 2.72. The second kappa shape index (κ2) is 14.2. The maximum atomic E-state index is 14.5. The van der Waals surface area contributed by atoms with Gasteiger partial charge in [-0.05, 0) is 61.1 Å². The van der Waals surface area contributed by atoms with Crippen molar-refractivity contribution in [1.82, 2.24) is 20.0 Å². The maximum absolute atomic E-state index is 14.5. The van der Waals surface area contributed by atoms with Gasteiger partial charge in [0.1, 0.15) is 17.4 Å². The fraction of sp³-hybridized carbons (Fsp3) is 0.564. The third-order valence-electron chi connectivity index (χ3n) is 11.9. The fourth-order valence-corrected chi connectivity index (χ4v) is 8.93. The zero-order chi connectivity index (χ0) is 34.1. The Morgan fingerprint density at radius 2 is 1.67 bits per heavy atom. The Bertz CT molecular complexity index is 1530. The van der Waals surface area contributed by atoms with Crippen LogP contribution < -0.4 is 15.4 Å². The summed E-state index contributed by atoms with van der Waals surface area (Å²) < 4.78 is 11.8. The van der Waals surface area contributed by atoms with Crippen molar-refractivity contribution in [3.63, 3.8) is 0 Å². The lowest BCUT2D eigenvalue weighted by Crippen LogP contribution is -2.58. The van der Waals surface area contributed by atoms with Crippen molar-refractivity contribution in [1.29, 1.82) is 0 Å². The van der Waals surface area contributed by atoms with Crippen molar-refractivity contribution in [3.8, 4) is 5.75 Å². The van der Waals surface area contributed by atoms with E-state index in [4.69, 9.17) is 9.47 Å². The van der Waals surface area contributed by atoms with Gasteiger partial charge in [-0.15, -0.1) is 0 Å². The summed E-state index contributed by atoms with van der Waals surface area (Å²) in [5, 5.41) is 6.37. The van der Waals surface area contributed by atoms with E-state index in [2.05, 4.69) is 64.6 Å². The smallest absolute Gasteiger partial charge is 0.246 e. The number of fused-ring (bicyclic) bond motifs is 1. The summed E-state index contributed by atoms with van der Waals surface area (Å²) >= 11 is 0. The first-order chi connectivity index (χ1) is 23.8. The summed E-state index contributed by atoms with van der Waals surface area (Å²) in [6.45, 7) is 10.6. The van der Waals surface area contributed by atoms with Gasteiger partial charge in [0.05, 0.1) is 25.0 Å². The van der Waals surface area contributed by atoms with E-state index < -0.39 is 29.6 Å². The summed E-state index contributed by atoms with van der Waals surface area (Å²) in [6, 6.07) is 16.9. The van der Waals surface area contributed by atoms with Gasteiger partial charge in [0.25, 0.3) is 0 Å². The van der Waals surface area contributed by atoms with E-state index in [9.17, 15) is 14.4 Å². The topological polar surface area (TPSA) is 103 Å². The van der Waals surface area contributed by atoms with Crippen LogP contribution in [0.1, 0.15) is 45.1 Å². The van der Waals surface area contributed by atoms with Gasteiger partial charge in [-0.1, -0.05) is 69.2 Å². The minimum atomic E-state index is -1.17. The van der Waals surface area contributed by atoms with Crippen LogP contribution in [-0.4, -0.2) is 103 Å². The molecule has 1 aliphatic carbocycles. The molecule has 8 atom stereocenters. The Morgan fingerprint density at radius 3 is 2.41 bits per heavy atom. The van der Waals surface area contributed by atoms with Crippen LogP contribution in [0.4, 0.5) is 5.69 Å². The second-order valence-corrected chi connectivity index (χ2v) is 14.8. The minimum Gasteiger partial charge on any atom is -0.497 e. The molecule has 4 heterocycles. The zero-order valence-electron chi connectivity index (χ0n) is 29.1. The van der Waals surface area contributed by atoms with Crippen LogP contribution in [0.3, 0.4) is 0 Å². The summed E-state index contributed by atoms with van der Waals surface area (Å²) in [4.78, 5) is 49.4. The van der Waals surface area contributed by atoms with Crippen molar-refractivity contribution in [2.75, 3.05) is 51.7 Å². The Morgan fingerprint density at radius 1 is 0.939 bits per heavy atom. The van der Waals surface area contributed by atoms with Gasteiger partial charge in [0.2, 0.25) is 17.7 Å². The van der Waals surface area contributed by atoms with E-state index >= 15 is 0 Å². The molecule has 2 aromatic carbocycles. The van der Waals surface area contributed by atoms with E-state index in [0.29, 0.717) is 29.8 Å². The van der Waals surface area contributed by atoms with E-state index in [-0.39, 0.29) is 23.8 Å². The molecule has 0 radical (unpaired) electrons. The van der Waals surface area contributed by atoms with Crippen LogP contribution in [0, 0.1) is 23.7 Å². The van der Waals surface area contributed by atoms with E-state index in [1.165, 1.54) is 5.56 Å². The molecule has 2 aromatic rings. The minimum absolute atomic E-state index is 0.0487. The summed E-state index contributed by atoms with van der Waals surface area (Å²) in [5.74, 6) is -0.553. The molecule has 2 bridgehead atoms. The molecule has 10 nitrogen and oxygen atoms in total. The zero-order valence-corrected chi connectivity index (χ0v) is 29.1. The highest BCUT2D eigenvalue weighted by atomic mass is 16.5. The number of carbonyl (C=O) groups excluding carboxylic acids is 3. The van der Waals surface area contributed by atoms with Gasteiger partial charge in [0, 0.05) is 51.0 Å². The van der Waals surface area contributed by atoms with E-state index in [1.54, 1.807) is 36.3 Å². The summed E-state index contributed by atoms with van der Waals surface area (Å²) in [6.07, 6.45) is 7.12. The molecule has 10 heteroatoms. The standard InChI is InChI=1S/C39H51N5O5/c1-26-9-7-12-31(27(26)2)41-37(46)35-39-18-17-32(49-39)33(36(45)40-29-13-15-30(48-3)16-14-29)34(39)38(47)44(35)20-8-19-42-21-23-43(24-22-42)25-28-10-5-4-6-11-28/h4-6,10-11,13-18,26-27,31-35H,7-9,12,19-25H2,1-3H3,(H,40,45)(H,41,46)/t26-,27-,31+,32+,33-,34+,35+,39+/m0/s1. The molecule has 0 aromatic heterocycles. The molecule has 4 aliphatic heterocycles. The Hall–Kier alpha value is -3.73. The molecule has 262 valence electrons. The number of carbonyl (C=O) groups is 3. The lowest BCUT2D eigenvalue weighted by atomic mass is 9.73. The molecule has 3 amide bonds. The van der Waals surface area contributed by atoms with Gasteiger partial charge in [-0.3, -0.25) is 19.3 Å². The number of anilines is 1. The largest absolute Gasteiger partial charge is 0.497 e. The highest BCUT2D eigenvalue weighted by Crippen LogP contribution is 2.55. The third-order valence-corrected chi connectivity index (χ3v) is 11.9. The lowest BCUT2D eigenvalue weighted by molar-refractivity contribution is -0.141. The van der Waals surface area contributed by atoms with Gasteiger partial charge in [-0.25, -0.2) is 0 Å². The molecule has 3 saturated heterocycles. The van der Waals surface area contributed by atoms with E-state index in [0.717, 1.165) is 65.0 Å². The number of likely N-dealkylation sites (tertiary alicyclic amines) is 1. The molecular formula is C39H51N5O5. The molecular weight excluding hydrogens is 618 g/mol. The SMILES string of the molecule is COc1ccc(NC(=O)[C@H]2[C@H]3C=C[C@@]4(O3)[C@H]2C(=O)N(CCCN2CCN(Cc3ccccc3)CC2)[C@@H]4C(=O)N[C@@H]2CCC[C@H](C)[C@@H]2C)cc1. The second-order valence-electron chi connectivity index (χ2n) is 14.8. The summed E-state index contributed by atoms with van der Waals surface area (Å²) in [5.41, 5.74) is 0.782. The number of nitrogens with one attached hydrogen (secondary N) is 2. The molecule has 49 heavy (non-hydrogen) atoms. The average Bonchev–Trinajstić information content (AvgIpc) is 3.75. The van der Waals surface area contributed by atoms with Crippen LogP contribution in [0.25, 0.3) is 0 Å². The first-order valence-electron chi connectivity index (χ1n) is 18.2. The van der Waals surface area contributed by atoms with Gasteiger partial charge in [-0.2, -0.15) is 0 Å². The Labute approximate surface area is 290 Å². The Kier molecular flexibility index (Phi) is 9.81. The van der Waals surface area contributed by atoms with Crippen molar-refractivity contribution in [2.24, 2.45) is 23.7 Å². The fourth-order valence-electron chi connectivity index (χ4n) is 8.93. The number of methoxy groups -OCH3 is 1. The first-order valence-corrected chi connectivity index (χ1v) is 18.2. The lowest BCUT2D eigenvalue weighted by Gasteiger charge is -2.38. The van der Waals surface area contributed by atoms with Crippen LogP contribution in [0.5, 0.6) is 5.75 Å². The molecule has 7 rings (SSSR count). The van der Waals surface area contributed by atoms with Gasteiger partial charge < -0.3 is 29.9 Å². The number of benzene rings is 2. The molecule has 1 saturated carbocycles. The van der Waals surface area contributed by atoms with Gasteiger partial charge >= 0.3 is 0 Å². The first kappa shape index (κ1) is 33.8. The quantitative estimate of drug-likeness (QED) is 0.350. The molecule has 2 N–H and O–H groups in total. The van der Waals surface area contributed by atoms with Gasteiger partial charge in [0.15, 0.2) is 0 Å². The van der Waals surface area contributed by atoms with E-state index in [1.807, 2.05) is 12.2 Å². The number of amides is 3. The number of ether oxygens (including phenoxy) is 2. The van der Waals surface area contributed by atoms with Crippen molar-refractivity contribution in [2.45, 2.75) is 69.9 Å². The number of hydrogen-bond donors (Lipinski definition) is 2. The van der Waals surface area contributed by atoms with Crippen LogP contribution >= 0.6 is 0 Å². The van der Waals surface area contributed by atoms with Crippen molar-refractivity contribution < 1.29 is 23.9 Å². The molecule has 5 aliphatic rings. The summed E-state index contributed by atoms with van der Waals surface area (Å²) in [7, 11) is 1.60. The number of hydrogen-bond acceptors (Lipinski definition) is 7. The number of nitrogens with zero attached hydrogens (tertiary/aromatic N) is 3. The van der Waals surface area contributed by atoms with Crippen LogP contribution in [0.2, 0.25) is 0 Å². The monoisotopic (exact) mass is 669 g/mol. The molecule has 0 unspecified atom stereocenters. The number of piperazine rings is 1. The predicted octanol–water partition coefficient (Wildman–Crippen LogP) is 3.93. The third kappa shape index (κ3) is 6.62. The number of rotatable bonds is 11. The molecule has 4 fully saturated rings. The maximum Gasteiger partial charge on any atom is 0.246 e. The van der Waals surface area contributed by atoms with Crippen LogP contribution in [-0.2, 0) is 25.7 Å².